The molecule has 2 unspecified atom stereocenters. The molecule has 2 aliphatic rings. The Balaban J connectivity index is 1.70. The number of ether oxygens (including phenoxy) is 1. The van der Waals surface area contributed by atoms with Crippen molar-refractivity contribution < 1.29 is 14.1 Å². The fraction of sp³-hybridized carbons (Fsp3) is 0.714. The van der Waals surface area contributed by atoms with E-state index >= 15 is 0 Å². The largest absolute Gasteiger partial charge is 0.373 e. The molecule has 5 heteroatoms. The van der Waals surface area contributed by atoms with Crippen LogP contribution in [0.4, 0.5) is 0 Å². The molecule has 0 aromatic carbocycles. The van der Waals surface area contributed by atoms with Gasteiger partial charge in [0.2, 0.25) is 5.76 Å². The summed E-state index contributed by atoms with van der Waals surface area (Å²) in [5, 5.41) is 3.60. The third-order valence-corrected chi connectivity index (χ3v) is 4.34. The van der Waals surface area contributed by atoms with Gasteiger partial charge < -0.3 is 14.2 Å². The zero-order valence-electron chi connectivity index (χ0n) is 11.3. The average molecular weight is 264 g/mol. The molecule has 0 radical (unpaired) electrons. The Labute approximate surface area is 112 Å². The molecule has 2 saturated heterocycles. The lowest BCUT2D eigenvalue weighted by Crippen LogP contribution is -2.50. The van der Waals surface area contributed by atoms with E-state index in [2.05, 4.69) is 12.1 Å². The van der Waals surface area contributed by atoms with Crippen molar-refractivity contribution in [2.24, 2.45) is 5.92 Å². The lowest BCUT2D eigenvalue weighted by Gasteiger charge is -2.39. The van der Waals surface area contributed by atoms with Crippen LogP contribution in [-0.4, -0.2) is 41.3 Å². The van der Waals surface area contributed by atoms with Gasteiger partial charge in [-0.25, -0.2) is 0 Å². The molecule has 0 aliphatic carbocycles. The first kappa shape index (κ1) is 12.7. The van der Waals surface area contributed by atoms with Crippen LogP contribution in [-0.2, 0) is 4.74 Å². The Morgan fingerprint density at radius 3 is 3.21 bits per heavy atom. The molecule has 0 N–H and O–H groups in total. The summed E-state index contributed by atoms with van der Waals surface area (Å²) in [4.78, 5) is 14.1. The van der Waals surface area contributed by atoms with E-state index in [4.69, 9.17) is 9.26 Å². The Hall–Kier alpha value is -1.36. The zero-order chi connectivity index (χ0) is 13.3. The highest BCUT2D eigenvalue weighted by Crippen LogP contribution is 2.38. The van der Waals surface area contributed by atoms with Gasteiger partial charge in [-0.15, -0.1) is 0 Å². The molecule has 104 valence electrons. The van der Waals surface area contributed by atoms with Gasteiger partial charge in [-0.2, -0.15) is 0 Å². The van der Waals surface area contributed by atoms with Crippen molar-refractivity contribution in [1.29, 1.82) is 0 Å². The lowest BCUT2D eigenvalue weighted by atomic mass is 9.86. The predicted molar refractivity (Wildman–Crippen MR) is 68.7 cm³/mol. The average Bonchev–Trinajstić information content (AvgIpc) is 3.08. The highest BCUT2D eigenvalue weighted by Gasteiger charge is 2.44. The van der Waals surface area contributed by atoms with Crippen LogP contribution in [0.25, 0.3) is 0 Å². The smallest absolute Gasteiger partial charge is 0.292 e. The summed E-state index contributed by atoms with van der Waals surface area (Å²) in [5.41, 5.74) is -0.116. The monoisotopic (exact) mass is 264 g/mol. The summed E-state index contributed by atoms with van der Waals surface area (Å²) in [6.07, 6.45) is 5.79. The first-order valence-electron chi connectivity index (χ1n) is 7.06. The molecule has 1 aromatic rings. The molecule has 0 bridgehead atoms. The van der Waals surface area contributed by atoms with E-state index in [9.17, 15) is 4.79 Å². The molecule has 3 heterocycles. The number of nitrogens with zero attached hydrogens (tertiary/aromatic N) is 2. The molecule has 2 atom stereocenters. The van der Waals surface area contributed by atoms with E-state index < -0.39 is 0 Å². The molecular formula is C14H20N2O3. The van der Waals surface area contributed by atoms with Crippen LogP contribution >= 0.6 is 0 Å². The minimum Gasteiger partial charge on any atom is -0.373 e. The number of amides is 1. The molecule has 2 aliphatic heterocycles. The number of carbonyl (C=O) groups is 1. The minimum atomic E-state index is -0.116. The van der Waals surface area contributed by atoms with Gasteiger partial charge in [0, 0.05) is 12.6 Å². The number of hydrogen-bond donors (Lipinski definition) is 0. The maximum absolute atomic E-state index is 12.3. The summed E-state index contributed by atoms with van der Waals surface area (Å²) in [5.74, 6) is 0.891. The second-order valence-electron chi connectivity index (χ2n) is 5.68. The number of likely N-dealkylation sites (tertiary alicyclic amines) is 1. The topological polar surface area (TPSA) is 55.6 Å². The van der Waals surface area contributed by atoms with Gasteiger partial charge in [0.05, 0.1) is 24.9 Å². The predicted octanol–water partition coefficient (Wildman–Crippen LogP) is 2.10. The summed E-state index contributed by atoms with van der Waals surface area (Å²) < 4.78 is 11.0. The van der Waals surface area contributed by atoms with Crippen LogP contribution < -0.4 is 0 Å². The summed E-state index contributed by atoms with van der Waals surface area (Å²) in [6.45, 7) is 4.50. The molecule has 1 aromatic heterocycles. The van der Waals surface area contributed by atoms with Crippen LogP contribution in [0.1, 0.15) is 43.2 Å². The van der Waals surface area contributed by atoms with Crippen LogP contribution in [0.15, 0.2) is 16.8 Å². The van der Waals surface area contributed by atoms with Crippen molar-refractivity contribution in [3.05, 3.63) is 18.0 Å². The molecule has 19 heavy (non-hydrogen) atoms. The second-order valence-corrected chi connectivity index (χ2v) is 5.68. The van der Waals surface area contributed by atoms with E-state index in [1.807, 2.05) is 4.90 Å². The lowest BCUT2D eigenvalue weighted by molar-refractivity contribution is -0.0456. The van der Waals surface area contributed by atoms with Crippen LogP contribution in [0.3, 0.4) is 0 Å². The maximum atomic E-state index is 12.3. The highest BCUT2D eigenvalue weighted by atomic mass is 16.5. The van der Waals surface area contributed by atoms with E-state index in [-0.39, 0.29) is 11.5 Å². The van der Waals surface area contributed by atoms with Crippen molar-refractivity contribution >= 4 is 5.91 Å². The van der Waals surface area contributed by atoms with E-state index in [0.717, 1.165) is 38.8 Å². The van der Waals surface area contributed by atoms with Crippen LogP contribution in [0.2, 0.25) is 0 Å². The molecular weight excluding hydrogens is 244 g/mol. The van der Waals surface area contributed by atoms with Gasteiger partial charge >= 0.3 is 0 Å². The Morgan fingerprint density at radius 1 is 1.63 bits per heavy atom. The SMILES string of the molecule is CCC1COC2(CCCN(C(=O)c3ccno3)C2)C1. The summed E-state index contributed by atoms with van der Waals surface area (Å²) in [7, 11) is 0. The Morgan fingerprint density at radius 2 is 2.53 bits per heavy atom. The third-order valence-electron chi connectivity index (χ3n) is 4.34. The van der Waals surface area contributed by atoms with Gasteiger partial charge in [0.15, 0.2) is 0 Å². The zero-order valence-corrected chi connectivity index (χ0v) is 11.3. The number of hydrogen-bond acceptors (Lipinski definition) is 4. The Kier molecular flexibility index (Phi) is 3.31. The number of rotatable bonds is 2. The van der Waals surface area contributed by atoms with E-state index in [1.54, 1.807) is 6.07 Å². The van der Waals surface area contributed by atoms with Gasteiger partial charge in [-0.1, -0.05) is 18.5 Å². The van der Waals surface area contributed by atoms with Crippen molar-refractivity contribution in [2.75, 3.05) is 19.7 Å². The first-order chi connectivity index (χ1) is 9.22. The van der Waals surface area contributed by atoms with Crippen molar-refractivity contribution in [3.8, 4) is 0 Å². The maximum Gasteiger partial charge on any atom is 0.292 e. The van der Waals surface area contributed by atoms with E-state index in [1.165, 1.54) is 6.20 Å². The molecule has 0 saturated carbocycles. The molecule has 1 spiro atoms. The van der Waals surface area contributed by atoms with Crippen molar-refractivity contribution in [2.45, 2.75) is 38.2 Å². The molecule has 1 amide bonds. The van der Waals surface area contributed by atoms with Crippen molar-refractivity contribution in [3.63, 3.8) is 0 Å². The van der Waals surface area contributed by atoms with Gasteiger partial charge in [-0.3, -0.25) is 4.79 Å². The summed E-state index contributed by atoms with van der Waals surface area (Å²) in [6, 6.07) is 1.62. The number of aromatic nitrogens is 1. The number of carbonyl (C=O) groups excluding carboxylic acids is 1. The fourth-order valence-electron chi connectivity index (χ4n) is 3.24. The highest BCUT2D eigenvalue weighted by molar-refractivity contribution is 5.91. The van der Waals surface area contributed by atoms with Gasteiger partial charge in [0.1, 0.15) is 0 Å². The van der Waals surface area contributed by atoms with Crippen molar-refractivity contribution in [1.82, 2.24) is 10.1 Å². The minimum absolute atomic E-state index is 0.0693. The van der Waals surface area contributed by atoms with Crippen LogP contribution in [0.5, 0.6) is 0 Å². The third kappa shape index (κ3) is 2.39. The quantitative estimate of drug-likeness (QED) is 0.820. The molecule has 2 fully saturated rings. The first-order valence-corrected chi connectivity index (χ1v) is 7.06. The number of piperidine rings is 1. The standard InChI is InChI=1S/C14H20N2O3/c1-2-11-8-14(18-9-11)5-3-7-16(10-14)13(17)12-4-6-15-19-12/h4,6,11H,2-3,5,7-10H2,1H3. The van der Waals surface area contributed by atoms with Gasteiger partial charge in [0.25, 0.3) is 5.91 Å². The molecule has 3 rings (SSSR count). The van der Waals surface area contributed by atoms with Gasteiger partial charge in [-0.05, 0) is 25.2 Å². The Bertz CT molecular complexity index is 446. The fourth-order valence-corrected chi connectivity index (χ4v) is 3.24. The second kappa shape index (κ2) is 4.96. The normalized spacial score (nSPS) is 31.0. The molecule has 5 nitrogen and oxygen atoms in total. The summed E-state index contributed by atoms with van der Waals surface area (Å²) >= 11 is 0. The van der Waals surface area contributed by atoms with E-state index in [0.29, 0.717) is 18.2 Å². The van der Waals surface area contributed by atoms with Crippen LogP contribution in [0, 0.1) is 5.92 Å².